The number of aliphatic hydroxyl groups is 3. The minimum atomic E-state index is -4.60. The lowest BCUT2D eigenvalue weighted by Crippen LogP contribution is -2.60. The summed E-state index contributed by atoms with van der Waals surface area (Å²) < 4.78 is 54.0. The number of esters is 2. The van der Waals surface area contributed by atoms with Crippen LogP contribution in [0.3, 0.4) is 0 Å². The Hall–Kier alpha value is -2.13. The zero-order valence-corrected chi connectivity index (χ0v) is 36.7. The van der Waals surface area contributed by atoms with E-state index in [-0.39, 0.29) is 19.4 Å². The maximum Gasteiger partial charge on any atom is 0.306 e. The summed E-state index contributed by atoms with van der Waals surface area (Å²) in [4.78, 5) is 25.4. The molecular weight excluding hydrogens is 765 g/mol. The van der Waals surface area contributed by atoms with Crippen LogP contribution >= 0.6 is 0 Å². The summed E-state index contributed by atoms with van der Waals surface area (Å²) in [6.07, 6.45) is 30.4. The van der Waals surface area contributed by atoms with Crippen LogP contribution in [0, 0.1) is 0 Å². The van der Waals surface area contributed by atoms with Crippen LogP contribution in [-0.4, -0.2) is 96.0 Å². The number of allylic oxidation sites excluding steroid dienone is 6. The summed E-state index contributed by atoms with van der Waals surface area (Å²) >= 11 is 0. The number of rotatable bonds is 37. The minimum absolute atomic E-state index is 0.162. The maximum atomic E-state index is 12.8. The van der Waals surface area contributed by atoms with Crippen LogP contribution in [0.4, 0.5) is 0 Å². The Labute approximate surface area is 351 Å². The van der Waals surface area contributed by atoms with Gasteiger partial charge >= 0.3 is 11.9 Å². The molecule has 1 aliphatic heterocycles. The molecule has 0 aromatic rings. The number of aliphatic hydroxyl groups excluding tert-OH is 3. The Morgan fingerprint density at radius 2 is 1.03 bits per heavy atom. The molecule has 0 spiro atoms. The third-order valence-electron chi connectivity index (χ3n) is 10.2. The van der Waals surface area contributed by atoms with E-state index in [0.717, 1.165) is 64.2 Å². The first-order chi connectivity index (χ1) is 28.0. The summed E-state index contributed by atoms with van der Waals surface area (Å²) in [6.45, 7) is 3.71. The third-order valence-corrected chi connectivity index (χ3v) is 11.0. The Morgan fingerprint density at radius 1 is 0.586 bits per heavy atom. The fourth-order valence-corrected chi connectivity index (χ4v) is 7.37. The largest absolute Gasteiger partial charge is 0.462 e. The fourth-order valence-electron chi connectivity index (χ4n) is 6.68. The van der Waals surface area contributed by atoms with Crippen molar-refractivity contribution < 1.29 is 56.8 Å². The number of ether oxygens (including phenoxy) is 4. The van der Waals surface area contributed by atoms with E-state index >= 15 is 0 Å². The van der Waals surface area contributed by atoms with Crippen LogP contribution in [0.5, 0.6) is 0 Å². The highest BCUT2D eigenvalue weighted by molar-refractivity contribution is 7.85. The predicted molar refractivity (Wildman–Crippen MR) is 229 cm³/mol. The number of hydrogen-bond donors (Lipinski definition) is 4. The molecule has 1 aliphatic rings. The summed E-state index contributed by atoms with van der Waals surface area (Å²) in [7, 11) is -4.60. The predicted octanol–water partition coefficient (Wildman–Crippen LogP) is 9.00. The number of unbranched alkanes of at least 4 members (excludes halogenated alkanes) is 19. The van der Waals surface area contributed by atoms with Crippen LogP contribution in [0.1, 0.15) is 181 Å². The molecule has 13 heteroatoms. The van der Waals surface area contributed by atoms with E-state index in [0.29, 0.717) is 12.8 Å². The van der Waals surface area contributed by atoms with Crippen molar-refractivity contribution in [3.05, 3.63) is 36.5 Å². The highest BCUT2D eigenvalue weighted by atomic mass is 32.2. The van der Waals surface area contributed by atoms with Crippen molar-refractivity contribution in [1.29, 1.82) is 0 Å². The molecule has 12 nitrogen and oxygen atoms in total. The van der Waals surface area contributed by atoms with Gasteiger partial charge in [0.25, 0.3) is 10.1 Å². The van der Waals surface area contributed by atoms with E-state index in [9.17, 15) is 37.9 Å². The van der Waals surface area contributed by atoms with Gasteiger partial charge < -0.3 is 34.3 Å². The zero-order valence-electron chi connectivity index (χ0n) is 35.9. The van der Waals surface area contributed by atoms with Crippen LogP contribution in [0.25, 0.3) is 0 Å². The Morgan fingerprint density at radius 3 is 1.57 bits per heavy atom. The third kappa shape index (κ3) is 30.0. The molecule has 0 aliphatic carbocycles. The number of carbonyl (C=O) groups is 2. The lowest BCUT2D eigenvalue weighted by molar-refractivity contribution is -0.297. The van der Waals surface area contributed by atoms with Crippen LogP contribution in [0.15, 0.2) is 36.5 Å². The van der Waals surface area contributed by atoms with E-state index in [1.807, 2.05) is 0 Å². The van der Waals surface area contributed by atoms with Gasteiger partial charge in [-0.05, 0) is 51.4 Å². The first-order valence-electron chi connectivity index (χ1n) is 22.5. The summed E-state index contributed by atoms with van der Waals surface area (Å²) in [6, 6.07) is 0. The standard InChI is InChI=1S/C45H80O12S/c1-3-5-7-9-11-13-15-17-18-19-20-22-23-25-27-29-31-33-40(46)54-35-38(36-55-45-44(50)43(49)42(48)39(57-45)37-58(51,52)53)56-41(47)34-32-30-28-26-24-21-16-14-12-10-8-6-4-2/h11,13,17-18,20,22,38-39,42-45,48-50H,3-10,12,14-16,19,21,23-37H2,1-2H3,(H,51,52,53)/b13-11+,18-17+,22-20+/t38-,39-,42-,43?,44?,45+/m1/s1. The molecule has 2 unspecified atom stereocenters. The van der Waals surface area contributed by atoms with Gasteiger partial charge in [-0.2, -0.15) is 8.42 Å². The van der Waals surface area contributed by atoms with E-state index in [2.05, 4.69) is 50.3 Å². The molecule has 0 radical (unpaired) electrons. The van der Waals surface area contributed by atoms with E-state index < -0.39 is 71.2 Å². The van der Waals surface area contributed by atoms with Crippen molar-refractivity contribution in [2.45, 2.75) is 218 Å². The second-order valence-electron chi connectivity index (χ2n) is 15.7. The van der Waals surface area contributed by atoms with Crippen molar-refractivity contribution >= 4 is 22.1 Å². The Balaban J connectivity index is 2.46. The molecule has 58 heavy (non-hydrogen) atoms. The van der Waals surface area contributed by atoms with Crippen LogP contribution in [-0.2, 0) is 38.7 Å². The minimum Gasteiger partial charge on any atom is -0.462 e. The van der Waals surface area contributed by atoms with Gasteiger partial charge in [0.05, 0.1) is 6.61 Å². The molecule has 1 rings (SSSR count). The van der Waals surface area contributed by atoms with Crippen molar-refractivity contribution in [1.82, 2.24) is 0 Å². The Bertz CT molecular complexity index is 1220. The monoisotopic (exact) mass is 845 g/mol. The molecule has 0 amide bonds. The van der Waals surface area contributed by atoms with Crippen molar-refractivity contribution in [3.63, 3.8) is 0 Å². The van der Waals surface area contributed by atoms with Gasteiger partial charge in [0.2, 0.25) is 0 Å². The first-order valence-corrected chi connectivity index (χ1v) is 24.2. The SMILES string of the molecule is CCCCC/C=C/C/C=C/C/C=C/CCCCCCC(=O)OC[C@H](CO[C@H]1O[C@H](CS(=O)(=O)O)[C@@H](O)C(O)C1O)OC(=O)CCCCCCCCCCCCCCC. The van der Waals surface area contributed by atoms with Gasteiger partial charge in [-0.1, -0.05) is 153 Å². The molecule has 4 N–H and O–H groups in total. The lowest BCUT2D eigenvalue weighted by Gasteiger charge is -2.40. The lowest BCUT2D eigenvalue weighted by atomic mass is 10.00. The topological polar surface area (TPSA) is 186 Å². The van der Waals surface area contributed by atoms with E-state index in [1.165, 1.54) is 77.0 Å². The zero-order chi connectivity index (χ0) is 42.7. The van der Waals surface area contributed by atoms with Gasteiger partial charge in [0.1, 0.15) is 36.8 Å². The van der Waals surface area contributed by atoms with Gasteiger partial charge in [-0.25, -0.2) is 0 Å². The quantitative estimate of drug-likeness (QED) is 0.0202. The first kappa shape index (κ1) is 53.9. The number of hydrogen-bond acceptors (Lipinski definition) is 11. The molecule has 338 valence electrons. The Kier molecular flexibility index (Phi) is 33.1. The summed E-state index contributed by atoms with van der Waals surface area (Å²) in [5.41, 5.74) is 0. The van der Waals surface area contributed by atoms with E-state index in [1.54, 1.807) is 0 Å². The van der Waals surface area contributed by atoms with Gasteiger partial charge in [0, 0.05) is 12.8 Å². The second-order valence-corrected chi connectivity index (χ2v) is 17.2. The second kappa shape index (κ2) is 35.6. The molecule has 1 fully saturated rings. The van der Waals surface area contributed by atoms with Crippen molar-refractivity contribution in [2.75, 3.05) is 19.0 Å². The maximum absolute atomic E-state index is 12.8. The smallest absolute Gasteiger partial charge is 0.306 e. The highest BCUT2D eigenvalue weighted by Gasteiger charge is 2.46. The molecule has 6 atom stereocenters. The fraction of sp³-hybridized carbons (Fsp3) is 0.822. The number of carbonyl (C=O) groups excluding carboxylic acids is 2. The van der Waals surface area contributed by atoms with Gasteiger partial charge in [-0.3, -0.25) is 14.1 Å². The molecule has 1 heterocycles. The van der Waals surface area contributed by atoms with E-state index in [4.69, 9.17) is 18.9 Å². The average Bonchev–Trinajstić information content (AvgIpc) is 3.18. The molecule has 0 bridgehead atoms. The molecular formula is C45H80O12S. The van der Waals surface area contributed by atoms with Crippen molar-refractivity contribution in [2.24, 2.45) is 0 Å². The molecule has 1 saturated heterocycles. The highest BCUT2D eigenvalue weighted by Crippen LogP contribution is 2.24. The summed E-state index contributed by atoms with van der Waals surface area (Å²) in [5.74, 6) is -2.01. The van der Waals surface area contributed by atoms with Crippen LogP contribution < -0.4 is 0 Å². The van der Waals surface area contributed by atoms with Crippen LogP contribution in [0.2, 0.25) is 0 Å². The molecule has 0 aromatic heterocycles. The van der Waals surface area contributed by atoms with Gasteiger partial charge in [-0.15, -0.1) is 0 Å². The average molecular weight is 845 g/mol. The summed E-state index contributed by atoms with van der Waals surface area (Å²) in [5, 5.41) is 30.9. The van der Waals surface area contributed by atoms with Crippen molar-refractivity contribution in [3.8, 4) is 0 Å². The normalized spacial score (nSPS) is 20.7. The van der Waals surface area contributed by atoms with Gasteiger partial charge in [0.15, 0.2) is 12.4 Å². The molecule has 0 aromatic carbocycles. The molecule has 0 saturated carbocycles.